The largest absolute Gasteiger partial charge is 1.00 e. The molecule has 0 spiro atoms. The molecule has 0 heterocycles. The van der Waals surface area contributed by atoms with E-state index in [1.165, 1.54) is 6.92 Å². The number of aldehydes is 3. The molecule has 0 amide bonds. The van der Waals surface area contributed by atoms with Crippen molar-refractivity contribution >= 4 is 25.3 Å². The van der Waals surface area contributed by atoms with Gasteiger partial charge in [0.2, 0.25) is 0 Å². The van der Waals surface area contributed by atoms with Crippen LogP contribution in [0.4, 0.5) is 0 Å². The van der Waals surface area contributed by atoms with Crippen LogP contribution in [0.2, 0.25) is 0 Å². The van der Waals surface area contributed by atoms with E-state index in [1.54, 1.807) is 20.8 Å². The second-order valence-electron chi connectivity index (χ2n) is 4.42. The second-order valence-corrected chi connectivity index (χ2v) is 4.42. The Morgan fingerprint density at radius 2 is 1.32 bits per heavy atom. The molecule has 0 aliphatic carbocycles. The number of rotatable bonds is 4. The van der Waals surface area contributed by atoms with Crippen LogP contribution in [0.15, 0.2) is 0 Å². The quantitative estimate of drug-likeness (QED) is 0.226. The molecule has 0 saturated carbocycles. The van der Waals surface area contributed by atoms with Crippen LogP contribution >= 0.6 is 0 Å². The summed E-state index contributed by atoms with van der Waals surface area (Å²) in [6.07, 6.45) is 1.87. The van der Waals surface area contributed by atoms with E-state index in [4.69, 9.17) is 20.0 Å². The van der Waals surface area contributed by atoms with E-state index in [1.807, 2.05) is 13.8 Å². The van der Waals surface area contributed by atoms with E-state index in [2.05, 4.69) is 4.89 Å². The van der Waals surface area contributed by atoms with Gasteiger partial charge in [-0.3, -0.25) is 4.79 Å². The molecular weight excluding hydrogens is 346 g/mol. The summed E-state index contributed by atoms with van der Waals surface area (Å²) in [5.74, 6) is 0.204. The zero-order chi connectivity index (χ0) is 17.2. The first-order valence-electron chi connectivity index (χ1n) is 5.82. The van der Waals surface area contributed by atoms with Crippen molar-refractivity contribution in [2.75, 3.05) is 0 Å². The van der Waals surface area contributed by atoms with Crippen molar-refractivity contribution in [1.82, 2.24) is 0 Å². The zero-order valence-electron chi connectivity index (χ0n) is 15.9. The van der Waals surface area contributed by atoms with Gasteiger partial charge in [0.15, 0.2) is 0 Å². The zero-order valence-corrected chi connectivity index (χ0v) is 21.1. The summed E-state index contributed by atoms with van der Waals surface area (Å²) in [7, 11) is 0. The van der Waals surface area contributed by atoms with Gasteiger partial charge in [0.05, 0.1) is 6.10 Å². The Balaban J connectivity index is -0.0000000303. The van der Waals surface area contributed by atoms with E-state index < -0.39 is 11.5 Å². The molecule has 1 atom stereocenters. The fourth-order valence-electron chi connectivity index (χ4n) is 0.0985. The maximum Gasteiger partial charge on any atom is 1.00 e. The van der Waals surface area contributed by atoms with E-state index in [-0.39, 0.29) is 117 Å². The van der Waals surface area contributed by atoms with Gasteiger partial charge in [-0.15, -0.1) is 0 Å². The summed E-state index contributed by atoms with van der Waals surface area (Å²) in [6, 6.07) is 0. The smallest absolute Gasteiger partial charge is 1.00 e. The van der Waals surface area contributed by atoms with Crippen molar-refractivity contribution in [3.63, 3.8) is 0 Å². The van der Waals surface area contributed by atoms with Crippen molar-refractivity contribution < 1.29 is 139 Å². The van der Waals surface area contributed by atoms with E-state index in [0.717, 1.165) is 18.9 Å². The molecule has 0 bridgehead atoms. The Hall–Kier alpha value is 1.67. The van der Waals surface area contributed by atoms with Crippen molar-refractivity contribution in [3.8, 4) is 0 Å². The van der Waals surface area contributed by atoms with Gasteiger partial charge in [-0.1, -0.05) is 27.7 Å². The summed E-state index contributed by atoms with van der Waals surface area (Å²) in [5.41, 5.74) is -0.583. The molecule has 0 aliphatic rings. The minimum Gasteiger partial charge on any atom is -1.00 e. The second kappa shape index (κ2) is 30.5. The van der Waals surface area contributed by atoms with Crippen LogP contribution in [0.5, 0.6) is 0 Å². The molecule has 22 heavy (non-hydrogen) atoms. The average Bonchev–Trinajstić information content (AvgIpc) is 2.40. The summed E-state index contributed by atoms with van der Waals surface area (Å²) < 4.78 is 0. The molecule has 0 fully saturated rings. The molecule has 0 aromatic carbocycles. The van der Waals surface area contributed by atoms with E-state index in [0.29, 0.717) is 0 Å². The molecular formula is C13H26K2O7. The number of aliphatic hydroxyl groups excluding tert-OH is 1. The Labute approximate surface area is 219 Å². The van der Waals surface area contributed by atoms with Crippen molar-refractivity contribution in [2.45, 2.75) is 47.6 Å². The molecule has 0 aliphatic heterocycles. The fourth-order valence-corrected chi connectivity index (χ4v) is 0.0985. The van der Waals surface area contributed by atoms with Gasteiger partial charge in [-0.25, -0.2) is 0 Å². The fraction of sp³-hybridized carbons (Fsp3) is 0.692. The number of carbonyl (C=O) groups excluding carboxylic acids is 4. The van der Waals surface area contributed by atoms with Crippen molar-refractivity contribution in [2.24, 2.45) is 11.3 Å². The standard InChI is InChI=1S/C6H12O2.C4H8O.C2H4O.CH2O3.2K.H/c1-5(8)6(2,3)4-7;1-4(2)3-5;1-2-3;2-1-4-3;;;/h4-5,8H,1-3H3;3-4H,1-2H3;2H,1H3;1,3H;;;/q;;;;2*+1;-1/p-1. The van der Waals surface area contributed by atoms with Gasteiger partial charge in [0.25, 0.3) is 6.47 Å². The van der Waals surface area contributed by atoms with Gasteiger partial charge < -0.3 is 31.1 Å². The average molecular weight is 373 g/mol. The van der Waals surface area contributed by atoms with Crippen LogP contribution < -0.4 is 108 Å². The molecule has 9 heteroatoms. The maximum atomic E-state index is 10.1. The van der Waals surface area contributed by atoms with Crippen LogP contribution in [-0.4, -0.2) is 36.5 Å². The van der Waals surface area contributed by atoms with Crippen LogP contribution in [0.1, 0.15) is 43.0 Å². The molecule has 7 nitrogen and oxygen atoms in total. The van der Waals surface area contributed by atoms with Gasteiger partial charge in [-0.05, 0) is 13.8 Å². The summed E-state index contributed by atoms with van der Waals surface area (Å²) in [6.45, 7) is 9.98. The molecule has 0 aromatic heterocycles. The summed E-state index contributed by atoms with van der Waals surface area (Å²) >= 11 is 0. The number of aliphatic hydroxyl groups is 1. The Morgan fingerprint density at radius 3 is 1.32 bits per heavy atom. The molecule has 0 aromatic rings. The third-order valence-corrected chi connectivity index (χ3v) is 1.69. The third-order valence-electron chi connectivity index (χ3n) is 1.69. The third kappa shape index (κ3) is 49.5. The Morgan fingerprint density at radius 1 is 1.09 bits per heavy atom. The monoisotopic (exact) mass is 372 g/mol. The molecule has 0 radical (unpaired) electrons. The number of hydrogen-bond donors (Lipinski definition) is 1. The Kier molecular flexibility index (Phi) is 54.1. The van der Waals surface area contributed by atoms with Gasteiger partial charge in [0, 0.05) is 11.3 Å². The number of hydrogen-bond acceptors (Lipinski definition) is 7. The molecule has 1 unspecified atom stereocenters. The molecule has 0 rings (SSSR count). The van der Waals surface area contributed by atoms with Gasteiger partial charge in [0.1, 0.15) is 18.9 Å². The molecule has 0 saturated heterocycles. The summed E-state index contributed by atoms with van der Waals surface area (Å²) in [5, 5.41) is 17.3. The van der Waals surface area contributed by atoms with Crippen LogP contribution in [0, 0.1) is 11.3 Å². The topological polar surface area (TPSA) is 121 Å². The van der Waals surface area contributed by atoms with Gasteiger partial charge in [-0.2, -0.15) is 0 Å². The summed E-state index contributed by atoms with van der Waals surface area (Å²) in [4.78, 5) is 39.7. The van der Waals surface area contributed by atoms with E-state index >= 15 is 0 Å². The first kappa shape index (κ1) is 39.0. The minimum absolute atomic E-state index is 0. The SMILES string of the molecule is CC(C)C=O.CC(O)C(C)(C)C=O.CC=O.O=CO[O-].[H-].[K+].[K+]. The normalized spacial score (nSPS) is 9.14. The van der Waals surface area contributed by atoms with E-state index in [9.17, 15) is 9.59 Å². The maximum absolute atomic E-state index is 10.1. The van der Waals surface area contributed by atoms with Crippen LogP contribution in [-0.2, 0) is 24.1 Å². The van der Waals surface area contributed by atoms with Crippen LogP contribution in [0.25, 0.3) is 0 Å². The first-order valence-corrected chi connectivity index (χ1v) is 5.82. The Bertz CT molecular complexity index is 250. The molecule has 122 valence electrons. The predicted octanol–water partition coefficient (Wildman–Crippen LogP) is -5.81. The van der Waals surface area contributed by atoms with Crippen molar-refractivity contribution in [3.05, 3.63) is 0 Å². The van der Waals surface area contributed by atoms with Crippen LogP contribution in [0.3, 0.4) is 0 Å². The molecule has 1 N–H and O–H groups in total. The predicted molar refractivity (Wildman–Crippen MR) is 72.4 cm³/mol. The van der Waals surface area contributed by atoms with Gasteiger partial charge >= 0.3 is 103 Å². The van der Waals surface area contributed by atoms with Crippen molar-refractivity contribution in [1.29, 1.82) is 0 Å². The minimum atomic E-state index is -0.583. The number of carbonyl (C=O) groups is 4. The first-order chi connectivity index (χ1) is 9.10.